The summed E-state index contributed by atoms with van der Waals surface area (Å²) >= 11 is 0. The van der Waals surface area contributed by atoms with Gasteiger partial charge >= 0.3 is 6.18 Å². The molecule has 2 aromatic heterocycles. The number of nitro groups is 1. The van der Waals surface area contributed by atoms with E-state index in [4.69, 9.17) is 0 Å². The number of alkyl halides is 3. The van der Waals surface area contributed by atoms with Gasteiger partial charge in [-0.25, -0.2) is 4.98 Å². The Kier molecular flexibility index (Phi) is 5.61. The summed E-state index contributed by atoms with van der Waals surface area (Å²) in [5.41, 5.74) is 4.36. The number of hydrogen-bond donors (Lipinski definition) is 2. The topological polar surface area (TPSA) is 110 Å². The van der Waals surface area contributed by atoms with Crippen LogP contribution in [0.2, 0.25) is 0 Å². The van der Waals surface area contributed by atoms with Crippen LogP contribution in [-0.2, 0) is 6.18 Å². The highest BCUT2D eigenvalue weighted by Gasteiger charge is 2.33. The fourth-order valence-corrected chi connectivity index (χ4v) is 3.19. The predicted octanol–water partition coefficient (Wildman–Crippen LogP) is 4.98. The molecule has 8 nitrogen and oxygen atoms in total. The normalized spacial score (nSPS) is 11.2. The van der Waals surface area contributed by atoms with E-state index in [1.165, 1.54) is 0 Å². The molecule has 0 radical (unpaired) electrons. The number of fused-ring (bicyclic) bond motifs is 1. The summed E-state index contributed by atoms with van der Waals surface area (Å²) < 4.78 is 38.7. The first kappa shape index (κ1) is 21.7. The van der Waals surface area contributed by atoms with Gasteiger partial charge in [0, 0.05) is 29.4 Å². The van der Waals surface area contributed by atoms with Gasteiger partial charge in [0.15, 0.2) is 0 Å². The van der Waals surface area contributed by atoms with Crippen LogP contribution in [0.1, 0.15) is 15.9 Å². The number of nitrogens with one attached hydrogen (secondary N) is 2. The number of aromatic nitrogens is 2. The van der Waals surface area contributed by atoms with E-state index in [9.17, 15) is 28.1 Å². The Morgan fingerprint density at radius 3 is 2.42 bits per heavy atom. The molecule has 2 N–H and O–H groups in total. The summed E-state index contributed by atoms with van der Waals surface area (Å²) in [4.78, 5) is 31.8. The van der Waals surface area contributed by atoms with E-state index in [1.54, 1.807) is 54.9 Å². The number of nitrogens with zero attached hydrogens (tertiary/aromatic N) is 3. The third kappa shape index (κ3) is 4.56. The van der Waals surface area contributed by atoms with Crippen molar-refractivity contribution < 1.29 is 22.9 Å². The zero-order valence-corrected chi connectivity index (χ0v) is 16.6. The van der Waals surface area contributed by atoms with Crippen molar-refractivity contribution in [2.75, 3.05) is 5.43 Å². The quantitative estimate of drug-likeness (QED) is 0.326. The highest BCUT2D eigenvalue weighted by Crippen LogP contribution is 2.34. The fourth-order valence-electron chi connectivity index (χ4n) is 3.19. The van der Waals surface area contributed by atoms with Crippen molar-refractivity contribution in [3.8, 4) is 11.3 Å². The Morgan fingerprint density at radius 2 is 1.73 bits per heavy atom. The van der Waals surface area contributed by atoms with Gasteiger partial charge in [-0.3, -0.25) is 30.7 Å². The zero-order chi connectivity index (χ0) is 23.6. The van der Waals surface area contributed by atoms with Crippen LogP contribution in [0.4, 0.5) is 24.5 Å². The van der Waals surface area contributed by atoms with Crippen LogP contribution in [0.3, 0.4) is 0 Å². The highest BCUT2D eigenvalue weighted by atomic mass is 19.4. The van der Waals surface area contributed by atoms with Crippen LogP contribution in [0.25, 0.3) is 22.2 Å². The Hall–Kier alpha value is -4.54. The molecule has 1 amide bonds. The van der Waals surface area contributed by atoms with Gasteiger partial charge < -0.3 is 0 Å². The number of carbonyl (C=O) groups excluding carboxylic acids is 1. The molecule has 0 saturated carbocycles. The molecular weight excluding hydrogens is 439 g/mol. The largest absolute Gasteiger partial charge is 0.416 e. The van der Waals surface area contributed by atoms with Crippen LogP contribution in [0.15, 0.2) is 73.1 Å². The average molecular weight is 453 g/mol. The molecule has 2 heterocycles. The maximum Gasteiger partial charge on any atom is 0.416 e. The van der Waals surface area contributed by atoms with Gasteiger partial charge in [-0.2, -0.15) is 13.2 Å². The molecule has 2 aromatic carbocycles. The summed E-state index contributed by atoms with van der Waals surface area (Å²) in [5.74, 6) is -0.655. The number of nitro benzene ring substituents is 1. The third-order valence-electron chi connectivity index (χ3n) is 4.77. The van der Waals surface area contributed by atoms with Gasteiger partial charge in [-0.05, 0) is 36.4 Å². The summed E-state index contributed by atoms with van der Waals surface area (Å²) in [5, 5.41) is 11.8. The lowest BCUT2D eigenvalue weighted by Crippen LogP contribution is -2.30. The number of hydrazine groups is 1. The Bertz CT molecular complexity index is 1360. The SMILES string of the molecule is O=C(NNc1ccc(C(F)(F)F)cc1[N+](=O)[O-])c1cc(-c2ccncc2)nc2ccccc12. The lowest BCUT2D eigenvalue weighted by Gasteiger charge is -2.13. The maximum absolute atomic E-state index is 13.0. The van der Waals surface area contributed by atoms with Crippen LogP contribution in [-0.4, -0.2) is 20.8 Å². The van der Waals surface area contributed by atoms with Gasteiger partial charge in [0.25, 0.3) is 11.6 Å². The number of pyridine rings is 2. The van der Waals surface area contributed by atoms with Gasteiger partial charge in [0.1, 0.15) is 5.69 Å². The van der Waals surface area contributed by atoms with Crippen molar-refractivity contribution in [3.63, 3.8) is 0 Å². The van der Waals surface area contributed by atoms with Crippen molar-refractivity contribution in [1.82, 2.24) is 15.4 Å². The van der Waals surface area contributed by atoms with Crippen molar-refractivity contribution in [2.45, 2.75) is 6.18 Å². The Labute approximate surface area is 184 Å². The number of anilines is 1. The monoisotopic (exact) mass is 453 g/mol. The second kappa shape index (κ2) is 8.54. The summed E-state index contributed by atoms with van der Waals surface area (Å²) in [7, 11) is 0. The second-order valence-electron chi connectivity index (χ2n) is 6.87. The smallest absolute Gasteiger partial charge is 0.292 e. The Balaban J connectivity index is 1.67. The molecule has 4 rings (SSSR count). The maximum atomic E-state index is 13.0. The standard InChI is InChI=1S/C22H14F3N5O3/c23-22(24,25)14-5-6-18(20(11-14)30(32)33)28-29-21(31)16-12-19(13-7-9-26-10-8-13)27-17-4-2-1-3-15(16)17/h1-12,28H,(H,29,31). The first-order valence-electron chi connectivity index (χ1n) is 9.46. The minimum atomic E-state index is -4.74. The molecule has 166 valence electrons. The number of amides is 1. The summed E-state index contributed by atoms with van der Waals surface area (Å²) in [6, 6.07) is 13.9. The van der Waals surface area contributed by atoms with E-state index < -0.39 is 28.3 Å². The lowest BCUT2D eigenvalue weighted by atomic mass is 10.0. The minimum absolute atomic E-state index is 0.217. The predicted molar refractivity (Wildman–Crippen MR) is 114 cm³/mol. The van der Waals surface area contributed by atoms with E-state index in [2.05, 4.69) is 20.8 Å². The molecule has 0 saturated heterocycles. The molecule has 11 heteroatoms. The molecule has 0 bridgehead atoms. The average Bonchev–Trinajstić information content (AvgIpc) is 2.81. The number of benzene rings is 2. The zero-order valence-electron chi connectivity index (χ0n) is 16.6. The van der Waals surface area contributed by atoms with Gasteiger partial charge in [0.05, 0.1) is 27.3 Å². The number of halogens is 3. The van der Waals surface area contributed by atoms with Crippen LogP contribution >= 0.6 is 0 Å². The summed E-state index contributed by atoms with van der Waals surface area (Å²) in [6.45, 7) is 0. The van der Waals surface area contributed by atoms with E-state index in [0.29, 0.717) is 28.7 Å². The Morgan fingerprint density at radius 1 is 1.00 bits per heavy atom. The first-order chi connectivity index (χ1) is 15.7. The number of para-hydroxylation sites is 1. The molecule has 0 aliphatic rings. The van der Waals surface area contributed by atoms with Crippen LogP contribution < -0.4 is 10.9 Å². The molecular formula is C22H14F3N5O3. The van der Waals surface area contributed by atoms with Gasteiger partial charge in [0.2, 0.25) is 0 Å². The van der Waals surface area contributed by atoms with E-state index in [1.807, 2.05) is 0 Å². The van der Waals surface area contributed by atoms with Crippen molar-refractivity contribution >= 4 is 28.2 Å². The molecule has 0 spiro atoms. The fraction of sp³-hybridized carbons (Fsp3) is 0.0455. The van der Waals surface area contributed by atoms with Crippen molar-refractivity contribution in [3.05, 3.63) is 94.3 Å². The van der Waals surface area contributed by atoms with Crippen molar-refractivity contribution in [1.29, 1.82) is 0 Å². The lowest BCUT2D eigenvalue weighted by molar-refractivity contribution is -0.384. The molecule has 0 aliphatic heterocycles. The number of carbonyl (C=O) groups is 1. The molecule has 0 unspecified atom stereocenters. The summed E-state index contributed by atoms with van der Waals surface area (Å²) in [6.07, 6.45) is -1.58. The highest BCUT2D eigenvalue weighted by molar-refractivity contribution is 6.07. The second-order valence-corrected chi connectivity index (χ2v) is 6.87. The molecule has 0 aliphatic carbocycles. The minimum Gasteiger partial charge on any atom is -0.292 e. The first-order valence-corrected chi connectivity index (χ1v) is 9.46. The van der Waals surface area contributed by atoms with E-state index in [-0.39, 0.29) is 11.3 Å². The molecule has 4 aromatic rings. The number of rotatable bonds is 5. The van der Waals surface area contributed by atoms with Crippen molar-refractivity contribution in [2.24, 2.45) is 0 Å². The third-order valence-corrected chi connectivity index (χ3v) is 4.77. The van der Waals surface area contributed by atoms with Gasteiger partial charge in [-0.15, -0.1) is 0 Å². The number of hydrogen-bond acceptors (Lipinski definition) is 6. The van der Waals surface area contributed by atoms with Gasteiger partial charge in [-0.1, -0.05) is 18.2 Å². The molecule has 0 fully saturated rings. The molecule has 0 atom stereocenters. The molecule has 33 heavy (non-hydrogen) atoms. The van der Waals surface area contributed by atoms with Crippen LogP contribution in [0.5, 0.6) is 0 Å². The van der Waals surface area contributed by atoms with E-state index in [0.717, 1.165) is 11.6 Å². The van der Waals surface area contributed by atoms with E-state index >= 15 is 0 Å². The van der Waals surface area contributed by atoms with Crippen LogP contribution in [0, 0.1) is 10.1 Å².